The molecule has 1 N–H and O–H groups in total. The van der Waals surface area contributed by atoms with Crippen molar-refractivity contribution in [2.45, 2.75) is 0 Å². The van der Waals surface area contributed by atoms with Crippen LogP contribution in [0.5, 0.6) is 23.0 Å². The molecule has 182 valence electrons. The Morgan fingerprint density at radius 2 is 1.60 bits per heavy atom. The number of ether oxygens (including phenoxy) is 4. The van der Waals surface area contributed by atoms with Crippen LogP contribution >= 0.6 is 39.1 Å². The zero-order valence-corrected chi connectivity index (χ0v) is 21.8. The molecule has 0 spiro atoms. The lowest BCUT2D eigenvalue weighted by Gasteiger charge is -2.14. The minimum absolute atomic E-state index is 0.177. The van der Waals surface area contributed by atoms with E-state index < -0.39 is 11.9 Å². The van der Waals surface area contributed by atoms with Gasteiger partial charge in [0.2, 0.25) is 5.75 Å². The predicted molar refractivity (Wildman–Crippen MR) is 137 cm³/mol. The highest BCUT2D eigenvalue weighted by atomic mass is 79.9. The quantitative estimate of drug-likeness (QED) is 0.157. The molecular formula is C24H19BrCl2N2O6. The standard InChI is InChI=1S/C24H19BrCl2N2O6/c1-32-20-9-13(10-21(33-2)22(20)34-3)24(31)35-19-7-4-15(25)8-14(19)12-28-29-23(30)17-6-5-16(26)11-18(17)27/h4-12H,1-3H3,(H,29,30)/b28-12-. The van der Waals surface area contributed by atoms with E-state index in [1.165, 1.54) is 51.8 Å². The maximum absolute atomic E-state index is 12.9. The first-order valence-electron chi connectivity index (χ1n) is 9.87. The van der Waals surface area contributed by atoms with Crippen LogP contribution in [0.3, 0.4) is 0 Å². The smallest absolute Gasteiger partial charge is 0.343 e. The number of nitrogens with zero attached hydrogens (tertiary/aromatic N) is 1. The highest BCUT2D eigenvalue weighted by Gasteiger charge is 2.19. The molecule has 0 aromatic heterocycles. The highest BCUT2D eigenvalue weighted by Crippen LogP contribution is 2.38. The molecule has 0 aliphatic rings. The molecule has 3 rings (SSSR count). The Morgan fingerprint density at radius 3 is 2.20 bits per heavy atom. The fraction of sp³-hybridized carbons (Fsp3) is 0.125. The average molecular weight is 582 g/mol. The van der Waals surface area contributed by atoms with Crippen LogP contribution in [0.25, 0.3) is 0 Å². The minimum Gasteiger partial charge on any atom is -0.493 e. The molecule has 0 fully saturated rings. The molecule has 11 heteroatoms. The second-order valence-corrected chi connectivity index (χ2v) is 8.57. The fourth-order valence-corrected chi connectivity index (χ4v) is 3.84. The third-order valence-corrected chi connectivity index (χ3v) is 5.66. The second kappa shape index (κ2) is 11.9. The molecule has 0 unspecified atom stereocenters. The molecule has 0 radical (unpaired) electrons. The molecule has 0 atom stereocenters. The Hall–Kier alpha value is -3.27. The van der Waals surface area contributed by atoms with Crippen LogP contribution in [0, 0.1) is 0 Å². The van der Waals surface area contributed by atoms with Gasteiger partial charge in [-0.25, -0.2) is 10.2 Å². The molecule has 8 nitrogen and oxygen atoms in total. The summed E-state index contributed by atoms with van der Waals surface area (Å²) in [4.78, 5) is 25.3. The van der Waals surface area contributed by atoms with Gasteiger partial charge in [-0.15, -0.1) is 0 Å². The minimum atomic E-state index is -0.668. The summed E-state index contributed by atoms with van der Waals surface area (Å²) in [6.45, 7) is 0. The normalized spacial score (nSPS) is 10.7. The summed E-state index contributed by atoms with van der Waals surface area (Å²) in [5.41, 5.74) is 3.18. The van der Waals surface area contributed by atoms with Crippen molar-refractivity contribution in [3.05, 3.63) is 79.7 Å². The Labute approximate surface area is 219 Å². The number of hydrazone groups is 1. The Balaban J connectivity index is 1.82. The van der Waals surface area contributed by atoms with E-state index >= 15 is 0 Å². The number of methoxy groups -OCH3 is 3. The summed E-state index contributed by atoms with van der Waals surface area (Å²) in [6.07, 6.45) is 1.34. The van der Waals surface area contributed by atoms with E-state index in [1.54, 1.807) is 24.3 Å². The van der Waals surface area contributed by atoms with Gasteiger partial charge in [0.05, 0.1) is 43.7 Å². The van der Waals surface area contributed by atoms with Crippen molar-refractivity contribution in [3.63, 3.8) is 0 Å². The van der Waals surface area contributed by atoms with Gasteiger partial charge in [0.1, 0.15) is 5.75 Å². The van der Waals surface area contributed by atoms with E-state index in [1.807, 2.05) is 0 Å². The molecule has 0 saturated carbocycles. The summed E-state index contributed by atoms with van der Waals surface area (Å²) in [5.74, 6) is -0.0407. The number of hydrogen-bond acceptors (Lipinski definition) is 7. The van der Waals surface area contributed by atoms with Gasteiger partial charge >= 0.3 is 5.97 Å². The molecule has 3 aromatic carbocycles. The molecule has 1 amide bonds. The fourth-order valence-electron chi connectivity index (χ4n) is 2.97. The van der Waals surface area contributed by atoms with E-state index in [9.17, 15) is 9.59 Å². The third kappa shape index (κ3) is 6.45. The van der Waals surface area contributed by atoms with Crippen LogP contribution in [0.15, 0.2) is 58.1 Å². The molecule has 35 heavy (non-hydrogen) atoms. The van der Waals surface area contributed by atoms with Crippen molar-refractivity contribution in [2.75, 3.05) is 21.3 Å². The predicted octanol–water partition coefficient (Wildman–Crippen LogP) is 5.76. The first-order chi connectivity index (χ1) is 16.8. The number of amides is 1. The number of carbonyl (C=O) groups is 2. The van der Waals surface area contributed by atoms with Crippen LogP contribution in [-0.2, 0) is 0 Å². The Kier molecular flexibility index (Phi) is 8.97. The van der Waals surface area contributed by atoms with Crippen LogP contribution in [0.2, 0.25) is 10.0 Å². The number of esters is 1. The summed E-state index contributed by atoms with van der Waals surface area (Å²) in [6, 6.07) is 12.4. The van der Waals surface area contributed by atoms with Crippen LogP contribution in [-0.4, -0.2) is 39.4 Å². The molecular weight excluding hydrogens is 563 g/mol. The second-order valence-electron chi connectivity index (χ2n) is 6.81. The van der Waals surface area contributed by atoms with Gasteiger partial charge < -0.3 is 18.9 Å². The van der Waals surface area contributed by atoms with E-state index in [-0.39, 0.29) is 21.9 Å². The molecule has 0 bridgehead atoms. The van der Waals surface area contributed by atoms with E-state index in [2.05, 4.69) is 26.5 Å². The van der Waals surface area contributed by atoms with E-state index in [0.29, 0.717) is 32.3 Å². The number of hydrogen-bond donors (Lipinski definition) is 1. The largest absolute Gasteiger partial charge is 0.493 e. The molecule has 0 saturated heterocycles. The zero-order valence-electron chi connectivity index (χ0n) is 18.7. The Bertz CT molecular complexity index is 1270. The van der Waals surface area contributed by atoms with Gasteiger partial charge in [0, 0.05) is 15.1 Å². The zero-order chi connectivity index (χ0) is 25.5. The maximum Gasteiger partial charge on any atom is 0.343 e. The van der Waals surface area contributed by atoms with Crippen LogP contribution in [0.4, 0.5) is 0 Å². The number of nitrogens with one attached hydrogen (secondary N) is 1. The highest BCUT2D eigenvalue weighted by molar-refractivity contribution is 9.10. The maximum atomic E-state index is 12.9. The number of carbonyl (C=O) groups excluding carboxylic acids is 2. The third-order valence-electron chi connectivity index (χ3n) is 4.62. The molecule has 0 aliphatic carbocycles. The van der Waals surface area contributed by atoms with E-state index in [0.717, 1.165) is 0 Å². The van der Waals surface area contributed by atoms with Crippen molar-refractivity contribution in [1.29, 1.82) is 0 Å². The first kappa shape index (κ1) is 26.3. The van der Waals surface area contributed by atoms with Gasteiger partial charge in [-0.05, 0) is 48.5 Å². The molecule has 0 aliphatic heterocycles. The molecule has 0 heterocycles. The summed E-state index contributed by atoms with van der Waals surface area (Å²) in [5, 5.41) is 4.55. The summed E-state index contributed by atoms with van der Waals surface area (Å²) in [7, 11) is 4.36. The number of benzene rings is 3. The van der Waals surface area contributed by atoms with Crippen molar-refractivity contribution in [1.82, 2.24) is 5.43 Å². The van der Waals surface area contributed by atoms with Crippen molar-refractivity contribution in [3.8, 4) is 23.0 Å². The van der Waals surface area contributed by atoms with E-state index in [4.69, 9.17) is 42.1 Å². The molecule has 3 aromatic rings. The monoisotopic (exact) mass is 580 g/mol. The SMILES string of the molecule is COc1cc(C(=O)Oc2ccc(Br)cc2/C=N\NC(=O)c2ccc(Cl)cc2Cl)cc(OC)c1OC. The van der Waals surface area contributed by atoms with Gasteiger partial charge in [0.25, 0.3) is 5.91 Å². The van der Waals surface area contributed by atoms with Gasteiger partial charge in [-0.2, -0.15) is 5.10 Å². The summed E-state index contributed by atoms with van der Waals surface area (Å²) < 4.78 is 22.1. The topological polar surface area (TPSA) is 95.5 Å². The van der Waals surface area contributed by atoms with Crippen LogP contribution in [0.1, 0.15) is 26.3 Å². The lowest BCUT2D eigenvalue weighted by atomic mass is 10.1. The Morgan fingerprint density at radius 1 is 0.914 bits per heavy atom. The lowest BCUT2D eigenvalue weighted by molar-refractivity contribution is 0.0733. The van der Waals surface area contributed by atoms with Gasteiger partial charge in [0.15, 0.2) is 11.5 Å². The average Bonchev–Trinajstić information content (AvgIpc) is 2.84. The van der Waals surface area contributed by atoms with Crippen LogP contribution < -0.4 is 24.4 Å². The van der Waals surface area contributed by atoms with Crippen molar-refractivity contribution < 1.29 is 28.5 Å². The lowest BCUT2D eigenvalue weighted by Crippen LogP contribution is -2.18. The number of halogens is 3. The van der Waals surface area contributed by atoms with Gasteiger partial charge in [-0.1, -0.05) is 39.1 Å². The summed E-state index contributed by atoms with van der Waals surface area (Å²) >= 11 is 15.3. The first-order valence-corrected chi connectivity index (χ1v) is 11.4. The van der Waals surface area contributed by atoms with Crippen molar-refractivity contribution in [2.24, 2.45) is 5.10 Å². The number of rotatable bonds is 8. The van der Waals surface area contributed by atoms with Gasteiger partial charge in [-0.3, -0.25) is 4.79 Å². The van der Waals surface area contributed by atoms with Crippen molar-refractivity contribution >= 4 is 57.2 Å².